The molecule has 0 aliphatic rings. The molecule has 262 valence electrons. The summed E-state index contributed by atoms with van der Waals surface area (Å²) in [6.07, 6.45) is 1.81. The molecule has 0 aromatic heterocycles. The van der Waals surface area contributed by atoms with Gasteiger partial charge in [0.15, 0.2) is 0 Å². The molecule has 0 aliphatic heterocycles. The van der Waals surface area contributed by atoms with E-state index in [0.717, 1.165) is 47.1 Å². The Hall–Kier alpha value is -3.95. The predicted octanol–water partition coefficient (Wildman–Crippen LogP) is 8.93. The van der Waals surface area contributed by atoms with Crippen LogP contribution in [0.1, 0.15) is 60.9 Å². The average Bonchev–Trinajstić information content (AvgIpc) is 3.18. The van der Waals surface area contributed by atoms with Crippen molar-refractivity contribution in [2.75, 3.05) is 13.2 Å². The minimum Gasteiger partial charge on any atom is -0.371 e. The van der Waals surface area contributed by atoms with Crippen molar-refractivity contribution >= 4 is 11.3 Å². The second-order valence-electron chi connectivity index (χ2n) is 12.2. The molecular formula is C43H49NO5S. The highest BCUT2D eigenvalue weighted by atomic mass is 32.2. The molecule has 0 saturated carbocycles. The fraction of sp³-hybridized carbons (Fsp3) is 0.302. The Bertz CT molecular complexity index is 1560. The van der Waals surface area contributed by atoms with Gasteiger partial charge in [0.25, 0.3) is 0 Å². The third-order valence-corrected chi connectivity index (χ3v) is 9.64. The van der Waals surface area contributed by atoms with Crippen molar-refractivity contribution in [3.63, 3.8) is 0 Å². The van der Waals surface area contributed by atoms with Crippen LogP contribution >= 0.6 is 0 Å². The minimum atomic E-state index is -1.81. The van der Waals surface area contributed by atoms with E-state index in [9.17, 15) is 4.21 Å². The molecule has 0 saturated heterocycles. The first-order valence-corrected chi connectivity index (χ1v) is 18.6. The van der Waals surface area contributed by atoms with Gasteiger partial charge in [0.2, 0.25) is 11.3 Å². The second-order valence-corrected chi connectivity index (χ2v) is 13.1. The number of unbranched alkanes of at least 4 members (excludes halogenated alkanes) is 1. The molecule has 1 N–H and O–H groups in total. The van der Waals surface area contributed by atoms with Crippen molar-refractivity contribution in [2.24, 2.45) is 0 Å². The lowest BCUT2D eigenvalue weighted by atomic mass is 9.80. The molecule has 0 radical (unpaired) electrons. The summed E-state index contributed by atoms with van der Waals surface area (Å²) < 4.78 is 43.1. The van der Waals surface area contributed by atoms with Crippen LogP contribution < -0.4 is 4.72 Å². The van der Waals surface area contributed by atoms with E-state index in [2.05, 4.69) is 60.2 Å². The molecule has 6 nitrogen and oxygen atoms in total. The molecule has 50 heavy (non-hydrogen) atoms. The highest BCUT2D eigenvalue weighted by molar-refractivity contribution is 7.78. The average molecular weight is 692 g/mol. The summed E-state index contributed by atoms with van der Waals surface area (Å²) >= 11 is -1.81. The van der Waals surface area contributed by atoms with E-state index in [1.54, 1.807) is 0 Å². The lowest BCUT2D eigenvalue weighted by molar-refractivity contribution is -0.117. The topological polar surface area (TPSA) is 66.0 Å². The predicted molar refractivity (Wildman–Crippen MR) is 201 cm³/mol. The molecule has 5 aromatic carbocycles. The zero-order valence-electron chi connectivity index (χ0n) is 29.1. The molecule has 5 rings (SSSR count). The Kier molecular flexibility index (Phi) is 15.0. The zero-order chi connectivity index (χ0) is 34.9. The van der Waals surface area contributed by atoms with Crippen LogP contribution in [0.2, 0.25) is 0 Å². The molecule has 0 aliphatic carbocycles. The van der Waals surface area contributed by atoms with E-state index >= 15 is 0 Å². The standard InChI is InChI=1S/C43H49NO5S/c1-3-5-31-41(46-32-35-21-11-6-12-22-35)42(47-33-36-23-13-7-14-24-36)40(44-50(45)49-4-2)34-48-43(37-25-15-8-16-26-37,38-27-17-9-18-28-38)39-29-19-10-20-30-39/h6-30,40-42,44H,3-5,31-34H2,1-2H3/t40?,41-,42+,50?/m1/s1. The monoisotopic (exact) mass is 691 g/mol. The van der Waals surface area contributed by atoms with E-state index in [-0.39, 0.29) is 19.3 Å². The van der Waals surface area contributed by atoms with Gasteiger partial charge >= 0.3 is 0 Å². The van der Waals surface area contributed by atoms with Crippen molar-refractivity contribution in [2.45, 2.75) is 70.2 Å². The molecular weight excluding hydrogens is 643 g/mol. The van der Waals surface area contributed by atoms with E-state index in [1.807, 2.05) is 110 Å². The maximum Gasteiger partial charge on any atom is 0.234 e. The van der Waals surface area contributed by atoms with Gasteiger partial charge in [0.1, 0.15) is 11.7 Å². The van der Waals surface area contributed by atoms with Gasteiger partial charge in [0.05, 0.1) is 38.6 Å². The Morgan fingerprint density at radius 1 is 0.620 bits per heavy atom. The van der Waals surface area contributed by atoms with Gasteiger partial charge in [-0.1, -0.05) is 171 Å². The Morgan fingerprint density at radius 3 is 1.50 bits per heavy atom. The Morgan fingerprint density at radius 2 is 1.06 bits per heavy atom. The number of benzene rings is 5. The highest BCUT2D eigenvalue weighted by Crippen LogP contribution is 2.41. The maximum atomic E-state index is 13.4. The van der Waals surface area contributed by atoms with Crippen LogP contribution in [0.4, 0.5) is 0 Å². The SMILES string of the molecule is CCCC[C@@H](OCc1ccccc1)[C@@H](OCc1ccccc1)C(COC(c1ccccc1)(c1ccccc1)c1ccccc1)NS(=O)OCC. The Labute approximate surface area is 300 Å². The van der Waals surface area contributed by atoms with Crippen LogP contribution in [-0.2, 0) is 48.5 Å². The van der Waals surface area contributed by atoms with Gasteiger partial charge in [-0.3, -0.25) is 4.18 Å². The van der Waals surface area contributed by atoms with Gasteiger partial charge < -0.3 is 14.2 Å². The first-order valence-electron chi connectivity index (χ1n) is 17.6. The normalized spacial score (nSPS) is 14.1. The van der Waals surface area contributed by atoms with Crippen molar-refractivity contribution < 1.29 is 22.6 Å². The molecule has 5 aromatic rings. The molecule has 0 spiro atoms. The first-order chi connectivity index (χ1) is 24.6. The third kappa shape index (κ3) is 10.3. The van der Waals surface area contributed by atoms with Crippen LogP contribution in [0, 0.1) is 0 Å². The van der Waals surface area contributed by atoms with Crippen LogP contribution in [0.3, 0.4) is 0 Å². The smallest absolute Gasteiger partial charge is 0.234 e. The summed E-state index contributed by atoms with van der Waals surface area (Å²) in [5, 5.41) is 0. The summed E-state index contributed by atoms with van der Waals surface area (Å²) in [7, 11) is 0. The molecule has 0 fully saturated rings. The van der Waals surface area contributed by atoms with Crippen molar-refractivity contribution in [3.05, 3.63) is 179 Å². The van der Waals surface area contributed by atoms with E-state index in [0.29, 0.717) is 13.2 Å². The first kappa shape index (κ1) is 37.3. The van der Waals surface area contributed by atoms with Crippen LogP contribution in [0.15, 0.2) is 152 Å². The van der Waals surface area contributed by atoms with Crippen LogP contribution in [0.5, 0.6) is 0 Å². The molecule has 2 unspecified atom stereocenters. The lowest BCUT2D eigenvalue weighted by Crippen LogP contribution is -2.53. The summed E-state index contributed by atoms with van der Waals surface area (Å²) in [5.41, 5.74) is 4.06. The summed E-state index contributed by atoms with van der Waals surface area (Å²) in [6, 6.07) is 50.5. The van der Waals surface area contributed by atoms with E-state index in [1.165, 1.54) is 0 Å². The quantitative estimate of drug-likeness (QED) is 0.0779. The van der Waals surface area contributed by atoms with Crippen molar-refractivity contribution in [3.8, 4) is 0 Å². The fourth-order valence-electron chi connectivity index (χ4n) is 6.22. The minimum absolute atomic E-state index is 0.133. The summed E-state index contributed by atoms with van der Waals surface area (Å²) in [6.45, 7) is 5.19. The lowest BCUT2D eigenvalue weighted by Gasteiger charge is -2.39. The van der Waals surface area contributed by atoms with Crippen LogP contribution in [-0.4, -0.2) is 35.7 Å². The molecule has 4 atom stereocenters. The number of nitrogens with one attached hydrogen (secondary N) is 1. The third-order valence-electron chi connectivity index (χ3n) is 8.69. The number of hydrogen-bond donors (Lipinski definition) is 1. The van der Waals surface area contributed by atoms with Crippen molar-refractivity contribution in [1.29, 1.82) is 0 Å². The largest absolute Gasteiger partial charge is 0.371 e. The number of ether oxygens (including phenoxy) is 3. The highest BCUT2D eigenvalue weighted by Gasteiger charge is 2.41. The van der Waals surface area contributed by atoms with Crippen molar-refractivity contribution in [1.82, 2.24) is 4.72 Å². The van der Waals surface area contributed by atoms with Gasteiger partial charge in [0, 0.05) is 0 Å². The molecule has 0 bridgehead atoms. The van der Waals surface area contributed by atoms with Gasteiger partial charge in [-0.05, 0) is 41.2 Å². The van der Waals surface area contributed by atoms with E-state index < -0.39 is 29.0 Å². The molecule has 0 amide bonds. The van der Waals surface area contributed by atoms with Gasteiger partial charge in [-0.2, -0.15) is 0 Å². The molecule has 7 heteroatoms. The summed E-state index contributed by atoms with van der Waals surface area (Å²) in [4.78, 5) is 0. The number of rotatable bonds is 21. The molecule has 0 heterocycles. The second kappa shape index (κ2) is 20.0. The van der Waals surface area contributed by atoms with E-state index in [4.69, 9.17) is 18.4 Å². The zero-order valence-corrected chi connectivity index (χ0v) is 29.9. The van der Waals surface area contributed by atoms with Gasteiger partial charge in [-0.25, -0.2) is 8.93 Å². The van der Waals surface area contributed by atoms with Crippen LogP contribution in [0.25, 0.3) is 0 Å². The number of hydrogen-bond acceptors (Lipinski definition) is 5. The fourth-order valence-corrected chi connectivity index (χ4v) is 6.95. The maximum absolute atomic E-state index is 13.4. The van der Waals surface area contributed by atoms with Gasteiger partial charge in [-0.15, -0.1) is 0 Å². The Balaban J connectivity index is 1.57. The summed E-state index contributed by atoms with van der Waals surface area (Å²) in [5.74, 6) is 0.